The minimum absolute atomic E-state index is 0.0254. The molecule has 2 aromatic rings. The number of carbonyl (C=O) groups is 1. The monoisotopic (exact) mass is 332 g/mol. The Labute approximate surface area is 139 Å². The van der Waals surface area contributed by atoms with Crippen molar-refractivity contribution in [2.75, 3.05) is 13.1 Å². The Morgan fingerprint density at radius 3 is 2.92 bits per heavy atom. The van der Waals surface area contributed by atoms with Crippen LogP contribution >= 0.6 is 0 Å². The molecule has 2 heterocycles. The molecule has 1 aliphatic heterocycles. The number of halogens is 1. The number of aromatic nitrogens is 2. The van der Waals surface area contributed by atoms with Crippen molar-refractivity contribution < 1.29 is 13.7 Å². The van der Waals surface area contributed by atoms with E-state index < -0.39 is 0 Å². The van der Waals surface area contributed by atoms with E-state index in [1.165, 1.54) is 12.1 Å². The van der Waals surface area contributed by atoms with Gasteiger partial charge in [0.15, 0.2) is 0 Å². The Kier molecular flexibility index (Phi) is 4.89. The lowest BCUT2D eigenvalue weighted by Gasteiger charge is -2.31. The standard InChI is InChI=1S/C17H21FN4O2/c1-11(19)9-15(23)22-8-2-3-13(10-22)17-20-16(21-24-17)12-4-6-14(18)7-5-12/h4-7,11,13H,2-3,8-10,19H2,1H3. The molecule has 1 aromatic heterocycles. The zero-order valence-corrected chi connectivity index (χ0v) is 13.6. The summed E-state index contributed by atoms with van der Waals surface area (Å²) in [6.07, 6.45) is 2.13. The van der Waals surface area contributed by atoms with E-state index >= 15 is 0 Å². The molecule has 2 N–H and O–H groups in total. The largest absolute Gasteiger partial charge is 0.342 e. The number of rotatable bonds is 4. The van der Waals surface area contributed by atoms with Gasteiger partial charge in [0.25, 0.3) is 0 Å². The number of hydrogen-bond donors (Lipinski definition) is 1. The third kappa shape index (κ3) is 3.79. The number of likely N-dealkylation sites (tertiary alicyclic amines) is 1. The van der Waals surface area contributed by atoms with Crippen LogP contribution in [0.5, 0.6) is 0 Å². The fraction of sp³-hybridized carbons (Fsp3) is 0.471. The lowest BCUT2D eigenvalue weighted by Crippen LogP contribution is -2.41. The van der Waals surface area contributed by atoms with Gasteiger partial charge in [-0.05, 0) is 44.0 Å². The lowest BCUT2D eigenvalue weighted by atomic mass is 9.97. The van der Waals surface area contributed by atoms with E-state index in [0.717, 1.165) is 19.4 Å². The van der Waals surface area contributed by atoms with E-state index in [9.17, 15) is 9.18 Å². The van der Waals surface area contributed by atoms with Gasteiger partial charge in [0.1, 0.15) is 5.82 Å². The maximum absolute atomic E-state index is 13.0. The highest BCUT2D eigenvalue weighted by molar-refractivity contribution is 5.77. The predicted octanol–water partition coefficient (Wildman–Crippen LogP) is 2.32. The highest BCUT2D eigenvalue weighted by Crippen LogP contribution is 2.28. The van der Waals surface area contributed by atoms with E-state index in [0.29, 0.717) is 30.2 Å². The molecule has 0 spiro atoms. The summed E-state index contributed by atoms with van der Waals surface area (Å²) in [5, 5.41) is 3.98. The number of piperidine rings is 1. The molecule has 1 fully saturated rings. The van der Waals surface area contributed by atoms with Gasteiger partial charge in [-0.3, -0.25) is 4.79 Å². The summed E-state index contributed by atoms with van der Waals surface area (Å²) in [4.78, 5) is 18.4. The quantitative estimate of drug-likeness (QED) is 0.929. The number of hydrogen-bond acceptors (Lipinski definition) is 5. The minimum Gasteiger partial charge on any atom is -0.342 e. The molecule has 6 nitrogen and oxygen atoms in total. The number of benzene rings is 1. The highest BCUT2D eigenvalue weighted by atomic mass is 19.1. The summed E-state index contributed by atoms with van der Waals surface area (Å²) < 4.78 is 18.4. The summed E-state index contributed by atoms with van der Waals surface area (Å²) >= 11 is 0. The molecule has 1 aromatic carbocycles. The van der Waals surface area contributed by atoms with Crippen LogP contribution in [0.4, 0.5) is 4.39 Å². The molecule has 7 heteroatoms. The first kappa shape index (κ1) is 16.6. The molecular formula is C17H21FN4O2. The first-order valence-corrected chi connectivity index (χ1v) is 8.16. The Morgan fingerprint density at radius 1 is 1.46 bits per heavy atom. The van der Waals surface area contributed by atoms with E-state index in [1.54, 1.807) is 12.1 Å². The van der Waals surface area contributed by atoms with Crippen LogP contribution in [0.2, 0.25) is 0 Å². The maximum atomic E-state index is 13.0. The van der Waals surface area contributed by atoms with Gasteiger partial charge in [-0.1, -0.05) is 5.16 Å². The summed E-state index contributed by atoms with van der Waals surface area (Å²) in [6.45, 7) is 3.13. The second-order valence-corrected chi connectivity index (χ2v) is 6.32. The molecule has 0 radical (unpaired) electrons. The van der Waals surface area contributed by atoms with Crippen LogP contribution in [0, 0.1) is 5.82 Å². The third-order valence-electron chi connectivity index (χ3n) is 4.16. The molecular weight excluding hydrogens is 311 g/mol. The van der Waals surface area contributed by atoms with Crippen LogP contribution < -0.4 is 5.73 Å². The van der Waals surface area contributed by atoms with E-state index in [-0.39, 0.29) is 23.7 Å². The average Bonchev–Trinajstić information content (AvgIpc) is 3.05. The Balaban J connectivity index is 1.70. The normalized spacial score (nSPS) is 19.3. The molecule has 2 unspecified atom stereocenters. The molecule has 2 atom stereocenters. The highest BCUT2D eigenvalue weighted by Gasteiger charge is 2.28. The summed E-state index contributed by atoms with van der Waals surface area (Å²) in [5.74, 6) is 0.736. The van der Waals surface area contributed by atoms with E-state index in [2.05, 4.69) is 10.1 Å². The zero-order chi connectivity index (χ0) is 17.1. The topological polar surface area (TPSA) is 85.3 Å². The van der Waals surface area contributed by atoms with Gasteiger partial charge < -0.3 is 15.2 Å². The fourth-order valence-corrected chi connectivity index (χ4v) is 2.93. The zero-order valence-electron chi connectivity index (χ0n) is 13.6. The molecule has 24 heavy (non-hydrogen) atoms. The summed E-state index contributed by atoms with van der Waals surface area (Å²) in [5.41, 5.74) is 6.41. The van der Waals surface area contributed by atoms with E-state index in [4.69, 9.17) is 10.3 Å². The second-order valence-electron chi connectivity index (χ2n) is 6.32. The van der Waals surface area contributed by atoms with Gasteiger partial charge in [0.05, 0.1) is 5.92 Å². The van der Waals surface area contributed by atoms with Crippen molar-refractivity contribution >= 4 is 5.91 Å². The third-order valence-corrected chi connectivity index (χ3v) is 4.16. The average molecular weight is 332 g/mol. The van der Waals surface area contributed by atoms with Gasteiger partial charge in [-0.25, -0.2) is 4.39 Å². The van der Waals surface area contributed by atoms with Crippen LogP contribution in [-0.2, 0) is 4.79 Å². The maximum Gasteiger partial charge on any atom is 0.231 e. The Hall–Kier alpha value is -2.28. The first-order valence-electron chi connectivity index (χ1n) is 8.16. The Morgan fingerprint density at radius 2 is 2.21 bits per heavy atom. The van der Waals surface area contributed by atoms with Crippen LogP contribution in [0.3, 0.4) is 0 Å². The summed E-state index contributed by atoms with van der Waals surface area (Å²) in [7, 11) is 0. The molecule has 3 rings (SSSR count). The number of carbonyl (C=O) groups excluding carboxylic acids is 1. The molecule has 0 aliphatic carbocycles. The van der Waals surface area contributed by atoms with Crippen molar-refractivity contribution in [2.24, 2.45) is 5.73 Å². The van der Waals surface area contributed by atoms with Crippen LogP contribution in [0.1, 0.15) is 38.0 Å². The van der Waals surface area contributed by atoms with Crippen LogP contribution in [0.15, 0.2) is 28.8 Å². The van der Waals surface area contributed by atoms with Crippen molar-refractivity contribution in [2.45, 2.75) is 38.1 Å². The first-order chi connectivity index (χ1) is 11.5. The number of nitrogens with two attached hydrogens (primary N) is 1. The smallest absolute Gasteiger partial charge is 0.231 e. The molecule has 1 aliphatic rings. The van der Waals surface area contributed by atoms with Crippen LogP contribution in [-0.4, -0.2) is 40.1 Å². The van der Waals surface area contributed by atoms with Crippen molar-refractivity contribution in [1.82, 2.24) is 15.0 Å². The van der Waals surface area contributed by atoms with Crippen molar-refractivity contribution in [3.63, 3.8) is 0 Å². The molecule has 0 saturated carbocycles. The summed E-state index contributed by atoms with van der Waals surface area (Å²) in [6, 6.07) is 5.80. The van der Waals surface area contributed by atoms with Crippen molar-refractivity contribution in [3.05, 3.63) is 36.0 Å². The number of nitrogens with zero attached hydrogens (tertiary/aromatic N) is 3. The van der Waals surface area contributed by atoms with Gasteiger partial charge in [-0.15, -0.1) is 0 Å². The van der Waals surface area contributed by atoms with Gasteiger partial charge in [-0.2, -0.15) is 4.98 Å². The molecule has 128 valence electrons. The minimum atomic E-state index is -0.307. The van der Waals surface area contributed by atoms with Gasteiger partial charge >= 0.3 is 0 Å². The van der Waals surface area contributed by atoms with Crippen molar-refractivity contribution in [1.29, 1.82) is 0 Å². The van der Waals surface area contributed by atoms with Crippen molar-refractivity contribution in [3.8, 4) is 11.4 Å². The molecule has 0 bridgehead atoms. The molecule has 1 amide bonds. The predicted molar refractivity (Wildman–Crippen MR) is 86.5 cm³/mol. The Bertz CT molecular complexity index is 699. The fourth-order valence-electron chi connectivity index (χ4n) is 2.93. The van der Waals surface area contributed by atoms with Gasteiger partial charge in [0, 0.05) is 31.1 Å². The molecule has 1 saturated heterocycles. The van der Waals surface area contributed by atoms with Gasteiger partial charge in [0.2, 0.25) is 17.6 Å². The lowest BCUT2D eigenvalue weighted by molar-refractivity contribution is -0.132. The van der Waals surface area contributed by atoms with E-state index in [1.807, 2.05) is 11.8 Å². The van der Waals surface area contributed by atoms with Crippen LogP contribution in [0.25, 0.3) is 11.4 Å². The SMILES string of the molecule is CC(N)CC(=O)N1CCCC(c2nc(-c3ccc(F)cc3)no2)C1. The second kappa shape index (κ2) is 7.09. The number of amides is 1.